The lowest BCUT2D eigenvalue weighted by molar-refractivity contribution is 0.577. The second kappa shape index (κ2) is 18.1. The molecular formula is C18H39OPS3. The highest BCUT2D eigenvalue weighted by molar-refractivity contribution is 8.00. The molecule has 5 heteroatoms. The van der Waals surface area contributed by atoms with Gasteiger partial charge in [0.1, 0.15) is 0 Å². The average molecular weight is 399 g/mol. The lowest BCUT2D eigenvalue weighted by atomic mass is 10.4. The molecule has 0 aliphatic carbocycles. The standard InChI is InChI=1S/C18H39OPS3/c1-4-7-13-21-16-10-20(19,11-17-22-14-8-5-2)12-18-23-15-9-6-3/h4-18H2,1-3H3. The van der Waals surface area contributed by atoms with E-state index in [2.05, 4.69) is 20.8 Å². The van der Waals surface area contributed by atoms with Crippen LogP contribution in [0, 0.1) is 0 Å². The zero-order chi connectivity index (χ0) is 17.2. The Kier molecular flexibility index (Phi) is 19.1. The second-order valence-electron chi connectivity index (χ2n) is 6.13. The van der Waals surface area contributed by atoms with Gasteiger partial charge >= 0.3 is 0 Å². The molecule has 0 amide bonds. The minimum absolute atomic E-state index is 0.976. The minimum Gasteiger partial charge on any atom is -0.323 e. The molecule has 1 nitrogen and oxygen atoms in total. The lowest BCUT2D eigenvalue weighted by Gasteiger charge is -2.18. The molecule has 0 bridgehead atoms. The lowest BCUT2D eigenvalue weighted by Crippen LogP contribution is -2.07. The summed E-state index contributed by atoms with van der Waals surface area (Å²) in [5.41, 5.74) is 0. The van der Waals surface area contributed by atoms with Crippen LogP contribution in [0.15, 0.2) is 0 Å². The van der Waals surface area contributed by atoms with Crippen LogP contribution in [0.1, 0.15) is 59.3 Å². The topological polar surface area (TPSA) is 17.1 Å². The van der Waals surface area contributed by atoms with E-state index in [1.54, 1.807) is 0 Å². The fourth-order valence-electron chi connectivity index (χ4n) is 2.07. The van der Waals surface area contributed by atoms with Gasteiger partial charge in [-0.25, -0.2) is 0 Å². The van der Waals surface area contributed by atoms with Crippen LogP contribution in [-0.2, 0) is 4.57 Å². The van der Waals surface area contributed by atoms with E-state index in [4.69, 9.17) is 0 Å². The Hall–Kier alpha value is 1.28. The maximum absolute atomic E-state index is 13.3. The molecule has 0 radical (unpaired) electrons. The molecular weight excluding hydrogens is 359 g/mol. The van der Waals surface area contributed by atoms with E-state index in [1.165, 1.54) is 55.8 Å². The Morgan fingerprint density at radius 1 is 0.565 bits per heavy atom. The van der Waals surface area contributed by atoms with E-state index in [-0.39, 0.29) is 0 Å². The van der Waals surface area contributed by atoms with Crippen LogP contribution in [0.5, 0.6) is 0 Å². The Morgan fingerprint density at radius 2 is 0.870 bits per heavy atom. The van der Waals surface area contributed by atoms with Crippen LogP contribution in [0.3, 0.4) is 0 Å². The predicted molar refractivity (Wildman–Crippen MR) is 119 cm³/mol. The summed E-state index contributed by atoms with van der Waals surface area (Å²) in [7, 11) is -1.93. The van der Waals surface area contributed by atoms with Crippen molar-refractivity contribution in [3.8, 4) is 0 Å². The normalized spacial score (nSPS) is 12.0. The van der Waals surface area contributed by atoms with E-state index >= 15 is 0 Å². The van der Waals surface area contributed by atoms with Gasteiger partial charge in [0.15, 0.2) is 0 Å². The third kappa shape index (κ3) is 16.5. The zero-order valence-corrected chi connectivity index (χ0v) is 19.0. The summed E-state index contributed by atoms with van der Waals surface area (Å²) in [4.78, 5) is 0. The van der Waals surface area contributed by atoms with Crippen molar-refractivity contribution in [3.05, 3.63) is 0 Å². The largest absolute Gasteiger partial charge is 0.323 e. The van der Waals surface area contributed by atoms with E-state index in [0.29, 0.717) is 0 Å². The van der Waals surface area contributed by atoms with Gasteiger partial charge in [-0.15, -0.1) is 0 Å². The van der Waals surface area contributed by atoms with Crippen LogP contribution in [0.2, 0.25) is 0 Å². The summed E-state index contributed by atoms with van der Waals surface area (Å²) in [6.45, 7) is 6.73. The van der Waals surface area contributed by atoms with Crippen molar-refractivity contribution in [1.29, 1.82) is 0 Å². The highest BCUT2D eigenvalue weighted by atomic mass is 32.2. The van der Waals surface area contributed by atoms with Crippen LogP contribution >= 0.6 is 42.4 Å². The molecule has 0 fully saturated rings. The van der Waals surface area contributed by atoms with Crippen molar-refractivity contribution >= 4 is 42.4 Å². The molecule has 23 heavy (non-hydrogen) atoms. The molecule has 0 saturated carbocycles. The van der Waals surface area contributed by atoms with E-state index in [0.717, 1.165) is 35.7 Å². The van der Waals surface area contributed by atoms with Crippen molar-refractivity contribution < 1.29 is 4.57 Å². The first kappa shape index (κ1) is 24.3. The first-order chi connectivity index (χ1) is 11.2. The molecule has 0 heterocycles. The molecule has 0 rings (SSSR count). The maximum atomic E-state index is 13.3. The first-order valence-electron chi connectivity index (χ1n) is 9.48. The number of hydrogen-bond donors (Lipinski definition) is 0. The minimum atomic E-state index is -1.93. The molecule has 0 atom stereocenters. The molecule has 0 aromatic rings. The number of rotatable bonds is 18. The van der Waals surface area contributed by atoms with Gasteiger partial charge in [0.05, 0.1) is 7.14 Å². The molecule has 0 aliphatic heterocycles. The summed E-state index contributed by atoms with van der Waals surface area (Å²) in [6.07, 6.45) is 10.6. The number of hydrogen-bond acceptors (Lipinski definition) is 4. The number of unbranched alkanes of at least 4 members (excludes halogenated alkanes) is 3. The van der Waals surface area contributed by atoms with Gasteiger partial charge in [-0.3, -0.25) is 0 Å². The van der Waals surface area contributed by atoms with Crippen molar-refractivity contribution in [1.82, 2.24) is 0 Å². The average Bonchev–Trinajstić information content (AvgIpc) is 2.54. The highest BCUT2D eigenvalue weighted by Crippen LogP contribution is 2.46. The van der Waals surface area contributed by atoms with Gasteiger partial charge in [-0.05, 0) is 36.5 Å². The molecule has 0 aromatic carbocycles. The van der Waals surface area contributed by atoms with Crippen molar-refractivity contribution in [3.63, 3.8) is 0 Å². The summed E-state index contributed by atoms with van der Waals surface area (Å²) < 4.78 is 13.3. The molecule has 0 aromatic heterocycles. The van der Waals surface area contributed by atoms with E-state index in [9.17, 15) is 4.57 Å². The van der Waals surface area contributed by atoms with Crippen LogP contribution in [-0.4, -0.2) is 53.0 Å². The van der Waals surface area contributed by atoms with Crippen molar-refractivity contribution in [2.45, 2.75) is 59.3 Å². The SMILES string of the molecule is CCCCSCCP(=O)(CCSCCCC)CCSCCCC. The molecule has 0 saturated heterocycles. The summed E-state index contributed by atoms with van der Waals surface area (Å²) in [5, 5.41) is 0. The van der Waals surface area contributed by atoms with Crippen molar-refractivity contribution in [2.75, 3.05) is 53.0 Å². The highest BCUT2D eigenvalue weighted by Gasteiger charge is 2.21. The van der Waals surface area contributed by atoms with Gasteiger partial charge in [-0.1, -0.05) is 40.0 Å². The van der Waals surface area contributed by atoms with Gasteiger partial charge in [-0.2, -0.15) is 35.3 Å². The van der Waals surface area contributed by atoms with Gasteiger partial charge in [0.25, 0.3) is 0 Å². The Labute approximate surface area is 159 Å². The molecule has 0 N–H and O–H groups in total. The summed E-state index contributed by atoms with van der Waals surface area (Å²) in [5.74, 6) is 7.05. The molecule has 140 valence electrons. The molecule has 0 unspecified atom stereocenters. The third-order valence-corrected chi connectivity index (χ3v) is 11.1. The zero-order valence-electron chi connectivity index (χ0n) is 15.7. The monoisotopic (exact) mass is 398 g/mol. The van der Waals surface area contributed by atoms with E-state index in [1.807, 2.05) is 35.3 Å². The third-order valence-electron chi connectivity index (χ3n) is 3.86. The van der Waals surface area contributed by atoms with Crippen LogP contribution < -0.4 is 0 Å². The van der Waals surface area contributed by atoms with Gasteiger partial charge in [0.2, 0.25) is 0 Å². The fourth-order valence-corrected chi connectivity index (χ4v) is 10.4. The summed E-state index contributed by atoms with van der Waals surface area (Å²) >= 11 is 6.04. The van der Waals surface area contributed by atoms with E-state index < -0.39 is 7.14 Å². The Morgan fingerprint density at radius 3 is 1.13 bits per heavy atom. The fraction of sp³-hybridized carbons (Fsp3) is 1.00. The first-order valence-corrected chi connectivity index (χ1v) is 15.2. The quantitative estimate of drug-likeness (QED) is 0.183. The maximum Gasteiger partial charge on any atom is 0.0901 e. The van der Waals surface area contributed by atoms with Gasteiger partial charge < -0.3 is 4.57 Å². The Bertz CT molecular complexity index is 245. The Balaban J connectivity index is 4.03. The molecule has 0 spiro atoms. The second-order valence-corrected chi connectivity index (χ2v) is 13.3. The van der Waals surface area contributed by atoms with Crippen LogP contribution in [0.4, 0.5) is 0 Å². The smallest absolute Gasteiger partial charge is 0.0901 e. The van der Waals surface area contributed by atoms with Crippen molar-refractivity contribution in [2.24, 2.45) is 0 Å². The number of thioether (sulfide) groups is 3. The van der Waals surface area contributed by atoms with Crippen LogP contribution in [0.25, 0.3) is 0 Å². The predicted octanol–water partition coefficient (Wildman–Crippen LogP) is 6.95. The molecule has 0 aliphatic rings. The van der Waals surface area contributed by atoms with Gasteiger partial charge in [0, 0.05) is 35.7 Å². The summed E-state index contributed by atoms with van der Waals surface area (Å²) in [6, 6.07) is 0.